The number of halogens is 1. The molecule has 29 heavy (non-hydrogen) atoms. The molecule has 2 aliphatic rings. The molecule has 3 N–H and O–H groups in total. The normalized spacial score (nSPS) is 20.2. The van der Waals surface area contributed by atoms with Crippen molar-refractivity contribution in [1.82, 2.24) is 20.9 Å². The molecule has 2 aliphatic heterocycles. The van der Waals surface area contributed by atoms with Crippen LogP contribution in [-0.4, -0.2) is 53.0 Å². The second kappa shape index (κ2) is 8.86. The third kappa shape index (κ3) is 4.99. The Hall–Kier alpha value is -3.21. The van der Waals surface area contributed by atoms with Crippen molar-refractivity contribution in [2.45, 2.75) is 18.9 Å². The molecular formula is C18H17FN4O5S. The monoisotopic (exact) mass is 420 g/mol. The number of carbonyl (C=O) groups excluding carboxylic acids is 5. The van der Waals surface area contributed by atoms with Crippen molar-refractivity contribution in [3.8, 4) is 0 Å². The second-order valence-electron chi connectivity index (χ2n) is 6.26. The van der Waals surface area contributed by atoms with E-state index >= 15 is 0 Å². The van der Waals surface area contributed by atoms with Gasteiger partial charge in [-0.1, -0.05) is 18.2 Å². The van der Waals surface area contributed by atoms with Crippen molar-refractivity contribution in [2.75, 3.05) is 13.1 Å². The van der Waals surface area contributed by atoms with E-state index in [1.165, 1.54) is 24.3 Å². The largest absolute Gasteiger partial charge is 0.354 e. The first-order valence-electron chi connectivity index (χ1n) is 8.73. The van der Waals surface area contributed by atoms with Gasteiger partial charge in [-0.2, -0.15) is 0 Å². The Morgan fingerprint density at radius 2 is 2.00 bits per heavy atom. The maximum atomic E-state index is 13.7. The Balaban J connectivity index is 1.47. The smallest absolute Gasteiger partial charge is 0.322 e. The molecule has 0 saturated carbocycles. The number of carbonyl (C=O) groups is 5. The molecule has 2 fully saturated rings. The Morgan fingerprint density at radius 3 is 2.69 bits per heavy atom. The van der Waals surface area contributed by atoms with E-state index < -0.39 is 34.9 Å². The second-order valence-corrected chi connectivity index (χ2v) is 7.25. The average Bonchev–Trinajstić information content (AvgIpc) is 3.14. The van der Waals surface area contributed by atoms with Gasteiger partial charge in [0.15, 0.2) is 0 Å². The summed E-state index contributed by atoms with van der Waals surface area (Å²) in [5.74, 6) is -1.92. The number of urea groups is 1. The van der Waals surface area contributed by atoms with Crippen LogP contribution < -0.4 is 16.0 Å². The van der Waals surface area contributed by atoms with Gasteiger partial charge in [0.1, 0.15) is 11.9 Å². The average molecular weight is 420 g/mol. The van der Waals surface area contributed by atoms with Crippen LogP contribution in [0.4, 0.5) is 14.0 Å². The first-order valence-corrected chi connectivity index (χ1v) is 9.55. The van der Waals surface area contributed by atoms with Crippen molar-refractivity contribution in [2.24, 2.45) is 0 Å². The zero-order chi connectivity index (χ0) is 21.0. The van der Waals surface area contributed by atoms with Crippen LogP contribution in [0.25, 0.3) is 6.08 Å². The van der Waals surface area contributed by atoms with Crippen LogP contribution >= 0.6 is 11.8 Å². The lowest BCUT2D eigenvalue weighted by molar-refractivity contribution is -0.124. The first-order chi connectivity index (χ1) is 13.8. The molecule has 0 radical (unpaired) electrons. The zero-order valence-electron chi connectivity index (χ0n) is 15.1. The summed E-state index contributed by atoms with van der Waals surface area (Å²) >= 11 is 0.706. The molecule has 1 aromatic rings. The van der Waals surface area contributed by atoms with Gasteiger partial charge in [-0.25, -0.2) is 9.18 Å². The van der Waals surface area contributed by atoms with E-state index in [1.54, 1.807) is 6.07 Å². The van der Waals surface area contributed by atoms with Gasteiger partial charge in [-0.3, -0.25) is 29.4 Å². The van der Waals surface area contributed by atoms with Gasteiger partial charge in [0.25, 0.3) is 17.1 Å². The van der Waals surface area contributed by atoms with E-state index in [9.17, 15) is 28.4 Å². The lowest BCUT2D eigenvalue weighted by Crippen LogP contribution is -2.38. The van der Waals surface area contributed by atoms with Gasteiger partial charge in [-0.05, 0) is 30.3 Å². The lowest BCUT2D eigenvalue weighted by atomic mass is 10.1. The topological polar surface area (TPSA) is 125 Å². The molecule has 152 valence electrons. The molecule has 0 spiro atoms. The maximum absolute atomic E-state index is 13.7. The molecule has 1 atom stereocenters. The molecule has 11 heteroatoms. The SMILES string of the molecule is O=C(CCC1NC(=O)NC1=O)NCCN1C(=O)SC(=Cc2ccccc2F)C1=O. The summed E-state index contributed by atoms with van der Waals surface area (Å²) in [5, 5.41) is 6.51. The van der Waals surface area contributed by atoms with Gasteiger partial charge in [0, 0.05) is 25.1 Å². The van der Waals surface area contributed by atoms with Gasteiger partial charge >= 0.3 is 6.03 Å². The highest BCUT2D eigenvalue weighted by Crippen LogP contribution is 2.32. The number of hydrogen-bond donors (Lipinski definition) is 3. The van der Waals surface area contributed by atoms with Crippen LogP contribution in [0.2, 0.25) is 0 Å². The van der Waals surface area contributed by atoms with Crippen LogP contribution in [0, 0.1) is 5.82 Å². The van der Waals surface area contributed by atoms with E-state index in [4.69, 9.17) is 0 Å². The molecule has 9 nitrogen and oxygen atoms in total. The minimum atomic E-state index is -0.752. The third-order valence-corrected chi connectivity index (χ3v) is 5.15. The number of amides is 6. The summed E-state index contributed by atoms with van der Waals surface area (Å²) in [5.41, 5.74) is 0.203. The number of thioether (sulfide) groups is 1. The molecule has 6 amide bonds. The first kappa shape index (κ1) is 20.5. The molecule has 0 bridgehead atoms. The number of rotatable bonds is 7. The summed E-state index contributed by atoms with van der Waals surface area (Å²) in [6.45, 7) is -0.00125. The lowest BCUT2D eigenvalue weighted by Gasteiger charge is -2.13. The van der Waals surface area contributed by atoms with E-state index in [-0.39, 0.29) is 42.3 Å². The molecule has 1 unspecified atom stereocenters. The zero-order valence-corrected chi connectivity index (χ0v) is 15.9. The van der Waals surface area contributed by atoms with Crippen molar-refractivity contribution in [1.29, 1.82) is 0 Å². The Labute approximate surface area is 169 Å². The predicted molar refractivity (Wildman–Crippen MR) is 102 cm³/mol. The van der Waals surface area contributed by atoms with Gasteiger partial charge < -0.3 is 10.6 Å². The fourth-order valence-corrected chi connectivity index (χ4v) is 3.62. The van der Waals surface area contributed by atoms with Crippen molar-refractivity contribution < 1.29 is 28.4 Å². The molecule has 1 aromatic carbocycles. The molecule has 2 saturated heterocycles. The number of imide groups is 2. The van der Waals surface area contributed by atoms with Crippen LogP contribution in [0.5, 0.6) is 0 Å². The fourth-order valence-electron chi connectivity index (χ4n) is 2.76. The fraction of sp³-hybridized carbons (Fsp3) is 0.278. The van der Waals surface area contributed by atoms with Crippen molar-refractivity contribution in [3.05, 3.63) is 40.6 Å². The number of nitrogens with zero attached hydrogens (tertiary/aromatic N) is 1. The summed E-state index contributed by atoms with van der Waals surface area (Å²) in [6, 6.07) is 4.55. The third-order valence-electron chi connectivity index (χ3n) is 4.24. The number of hydrogen-bond acceptors (Lipinski definition) is 6. The minimum Gasteiger partial charge on any atom is -0.354 e. The minimum absolute atomic E-state index is 0.00650. The van der Waals surface area contributed by atoms with E-state index in [0.29, 0.717) is 11.8 Å². The quantitative estimate of drug-likeness (QED) is 0.446. The van der Waals surface area contributed by atoms with Crippen LogP contribution in [0.3, 0.4) is 0 Å². The summed E-state index contributed by atoms with van der Waals surface area (Å²) in [4.78, 5) is 59.8. The molecular weight excluding hydrogens is 403 g/mol. The van der Waals surface area contributed by atoms with E-state index in [0.717, 1.165) is 4.90 Å². The van der Waals surface area contributed by atoms with E-state index in [1.807, 2.05) is 0 Å². The number of benzene rings is 1. The van der Waals surface area contributed by atoms with E-state index in [2.05, 4.69) is 16.0 Å². The molecule has 0 aliphatic carbocycles. The molecule has 2 heterocycles. The summed E-state index contributed by atoms with van der Waals surface area (Å²) in [7, 11) is 0. The highest BCUT2D eigenvalue weighted by molar-refractivity contribution is 8.18. The molecule has 3 rings (SSSR count). The van der Waals surface area contributed by atoms with Crippen LogP contribution in [0.15, 0.2) is 29.2 Å². The predicted octanol–water partition coefficient (Wildman–Crippen LogP) is 0.966. The van der Waals surface area contributed by atoms with Gasteiger partial charge in [0.05, 0.1) is 4.91 Å². The highest BCUT2D eigenvalue weighted by Gasteiger charge is 2.35. The number of nitrogens with one attached hydrogen (secondary N) is 3. The van der Waals surface area contributed by atoms with Gasteiger partial charge in [-0.15, -0.1) is 0 Å². The Kier molecular flexibility index (Phi) is 6.27. The van der Waals surface area contributed by atoms with Crippen molar-refractivity contribution >= 4 is 46.8 Å². The Morgan fingerprint density at radius 1 is 1.24 bits per heavy atom. The highest BCUT2D eigenvalue weighted by atomic mass is 32.2. The van der Waals surface area contributed by atoms with Gasteiger partial charge in [0.2, 0.25) is 5.91 Å². The summed E-state index contributed by atoms with van der Waals surface area (Å²) in [6.07, 6.45) is 1.45. The van der Waals surface area contributed by atoms with Crippen LogP contribution in [-0.2, 0) is 14.4 Å². The Bertz CT molecular complexity index is 919. The summed E-state index contributed by atoms with van der Waals surface area (Å²) < 4.78 is 13.7. The maximum Gasteiger partial charge on any atom is 0.322 e. The van der Waals surface area contributed by atoms with Crippen molar-refractivity contribution in [3.63, 3.8) is 0 Å². The molecule has 0 aromatic heterocycles. The van der Waals surface area contributed by atoms with Crippen LogP contribution in [0.1, 0.15) is 18.4 Å². The standard InChI is InChI=1S/C18H17FN4O5S/c19-11-4-2-1-3-10(11)9-13-16(26)23(18(28)29-13)8-7-20-14(24)6-5-12-15(25)22-17(27)21-12/h1-4,9,12H,5-8H2,(H,20,24)(H2,21,22,25,27).